The molecule has 1 heterocycles. The van der Waals surface area contributed by atoms with Crippen LogP contribution in [-0.4, -0.2) is 13.2 Å². The zero-order valence-corrected chi connectivity index (χ0v) is 17.8. The van der Waals surface area contributed by atoms with E-state index in [9.17, 15) is 5.11 Å². The number of hydrogen-bond donors (Lipinski definition) is 1. The van der Waals surface area contributed by atoms with E-state index in [1.54, 1.807) is 6.26 Å². The monoisotopic (exact) mass is 372 g/mol. The molecule has 0 aliphatic heterocycles. The average molecular weight is 373 g/mol. The van der Waals surface area contributed by atoms with Crippen molar-refractivity contribution in [2.45, 2.75) is 83.5 Å². The van der Waals surface area contributed by atoms with Crippen LogP contribution in [0.2, 0.25) is 19.6 Å². The molecule has 0 aliphatic rings. The Balaban J connectivity index is 1.49. The van der Waals surface area contributed by atoms with E-state index in [0.29, 0.717) is 0 Å². The summed E-state index contributed by atoms with van der Waals surface area (Å²) in [5, 5.41) is 11.4. The zero-order valence-electron chi connectivity index (χ0n) is 16.8. The van der Waals surface area contributed by atoms with Crippen molar-refractivity contribution in [1.82, 2.24) is 0 Å². The predicted octanol–water partition coefficient (Wildman–Crippen LogP) is 6.22. The van der Waals surface area contributed by atoms with Crippen molar-refractivity contribution < 1.29 is 9.52 Å². The fourth-order valence-electron chi connectivity index (χ4n) is 3.28. The molecule has 0 aliphatic carbocycles. The van der Waals surface area contributed by atoms with Gasteiger partial charge in [-0.05, 0) is 30.9 Å². The SMILES string of the molecule is C[Si](C)(C)c1cc(C(O)CCCCCCCCCc2ccccc2)co1. The van der Waals surface area contributed by atoms with Crippen molar-refractivity contribution in [3.05, 3.63) is 53.8 Å². The summed E-state index contributed by atoms with van der Waals surface area (Å²) >= 11 is 0. The quantitative estimate of drug-likeness (QED) is 0.354. The Bertz CT molecular complexity index is 613. The zero-order chi connectivity index (χ0) is 18.8. The Hall–Kier alpha value is -1.32. The van der Waals surface area contributed by atoms with Crippen LogP contribution in [0.3, 0.4) is 0 Å². The first-order valence-corrected chi connectivity index (χ1v) is 13.8. The molecule has 3 heteroatoms. The first kappa shape index (κ1) is 21.0. The van der Waals surface area contributed by atoms with Crippen LogP contribution in [0.1, 0.15) is 68.6 Å². The van der Waals surface area contributed by atoms with Gasteiger partial charge < -0.3 is 9.52 Å². The lowest BCUT2D eigenvalue weighted by atomic mass is 10.0. The molecule has 2 rings (SSSR count). The highest BCUT2D eigenvalue weighted by Gasteiger charge is 2.22. The summed E-state index contributed by atoms with van der Waals surface area (Å²) in [5.74, 6) is 0. The van der Waals surface area contributed by atoms with E-state index >= 15 is 0 Å². The molecule has 0 saturated carbocycles. The molecule has 1 unspecified atom stereocenters. The van der Waals surface area contributed by atoms with E-state index in [-0.39, 0.29) is 6.10 Å². The summed E-state index contributed by atoms with van der Waals surface area (Å²) in [6, 6.07) is 12.8. The second kappa shape index (κ2) is 10.7. The maximum Gasteiger partial charge on any atom is 0.123 e. The van der Waals surface area contributed by atoms with Gasteiger partial charge in [0.2, 0.25) is 0 Å². The van der Waals surface area contributed by atoms with E-state index in [0.717, 1.165) is 23.8 Å². The van der Waals surface area contributed by atoms with Crippen molar-refractivity contribution in [1.29, 1.82) is 0 Å². The Morgan fingerprint density at radius 1 is 0.885 bits per heavy atom. The second-order valence-electron chi connectivity index (χ2n) is 8.51. The van der Waals surface area contributed by atoms with Crippen molar-refractivity contribution in [2.24, 2.45) is 0 Å². The molecular weight excluding hydrogens is 336 g/mol. The minimum atomic E-state index is -1.42. The van der Waals surface area contributed by atoms with Crippen LogP contribution in [0, 0.1) is 0 Å². The molecule has 0 radical (unpaired) electrons. The van der Waals surface area contributed by atoms with Gasteiger partial charge in [-0.15, -0.1) is 0 Å². The lowest BCUT2D eigenvalue weighted by molar-refractivity contribution is 0.162. The number of aryl methyl sites for hydroxylation is 1. The molecule has 1 aromatic carbocycles. The minimum absolute atomic E-state index is 0.366. The highest BCUT2D eigenvalue weighted by atomic mass is 28.3. The number of hydrogen-bond acceptors (Lipinski definition) is 2. The van der Waals surface area contributed by atoms with E-state index in [1.807, 2.05) is 0 Å². The first-order chi connectivity index (χ1) is 12.5. The molecule has 144 valence electrons. The lowest BCUT2D eigenvalue weighted by Crippen LogP contribution is -2.36. The molecule has 0 spiro atoms. The van der Waals surface area contributed by atoms with Gasteiger partial charge in [-0.3, -0.25) is 0 Å². The van der Waals surface area contributed by atoms with Crippen LogP contribution < -0.4 is 5.38 Å². The summed E-state index contributed by atoms with van der Waals surface area (Å²) in [6.45, 7) is 6.80. The smallest absolute Gasteiger partial charge is 0.123 e. The molecule has 2 aromatic rings. The Morgan fingerprint density at radius 3 is 2.12 bits per heavy atom. The maximum absolute atomic E-state index is 10.3. The lowest BCUT2D eigenvalue weighted by Gasteiger charge is -2.11. The number of rotatable bonds is 12. The number of aliphatic hydroxyl groups excluding tert-OH is 1. The van der Waals surface area contributed by atoms with E-state index in [2.05, 4.69) is 56.0 Å². The summed E-state index contributed by atoms with van der Waals surface area (Å²) in [4.78, 5) is 0. The van der Waals surface area contributed by atoms with Crippen LogP contribution in [0.5, 0.6) is 0 Å². The first-order valence-electron chi connectivity index (χ1n) is 10.3. The molecule has 1 atom stereocenters. The molecule has 0 fully saturated rings. The predicted molar refractivity (Wildman–Crippen MR) is 114 cm³/mol. The fourth-order valence-corrected chi connectivity index (χ4v) is 4.29. The maximum atomic E-state index is 10.3. The molecular formula is C23H36O2Si. The molecule has 26 heavy (non-hydrogen) atoms. The van der Waals surface area contributed by atoms with Crippen LogP contribution in [-0.2, 0) is 6.42 Å². The van der Waals surface area contributed by atoms with Crippen LogP contribution in [0.25, 0.3) is 0 Å². The third kappa shape index (κ3) is 7.51. The van der Waals surface area contributed by atoms with Crippen molar-refractivity contribution in [2.75, 3.05) is 0 Å². The van der Waals surface area contributed by atoms with Gasteiger partial charge in [-0.1, -0.05) is 88.5 Å². The van der Waals surface area contributed by atoms with Crippen LogP contribution >= 0.6 is 0 Å². The van der Waals surface area contributed by atoms with Gasteiger partial charge in [0.25, 0.3) is 0 Å². The van der Waals surface area contributed by atoms with Gasteiger partial charge in [0, 0.05) is 5.56 Å². The normalized spacial score (nSPS) is 13.1. The van der Waals surface area contributed by atoms with Crippen LogP contribution in [0.15, 0.2) is 47.1 Å². The number of unbranched alkanes of at least 4 members (excludes halogenated alkanes) is 6. The van der Waals surface area contributed by atoms with E-state index in [4.69, 9.17) is 4.42 Å². The molecule has 0 amide bonds. The molecule has 1 N–H and O–H groups in total. The molecule has 1 aromatic heterocycles. The molecule has 0 saturated heterocycles. The fraction of sp³-hybridized carbons (Fsp3) is 0.565. The highest BCUT2D eigenvalue weighted by Crippen LogP contribution is 2.21. The third-order valence-corrected chi connectivity index (χ3v) is 6.77. The number of furan rings is 1. The topological polar surface area (TPSA) is 33.4 Å². The van der Waals surface area contributed by atoms with Gasteiger partial charge >= 0.3 is 0 Å². The summed E-state index contributed by atoms with van der Waals surface area (Å²) in [7, 11) is -1.42. The van der Waals surface area contributed by atoms with Gasteiger partial charge in [0.15, 0.2) is 0 Å². The molecule has 0 bridgehead atoms. The van der Waals surface area contributed by atoms with E-state index < -0.39 is 8.07 Å². The van der Waals surface area contributed by atoms with Crippen molar-refractivity contribution in [3.8, 4) is 0 Å². The standard InChI is InChI=1S/C23H36O2Si/c1-26(2,3)23-18-21(19-25-23)22(24)17-13-8-6-4-5-7-10-14-20-15-11-9-12-16-20/h9,11-12,15-16,18-19,22,24H,4-8,10,13-14,17H2,1-3H3. The van der Waals surface area contributed by atoms with Crippen molar-refractivity contribution >= 4 is 13.5 Å². The van der Waals surface area contributed by atoms with E-state index in [1.165, 1.54) is 50.5 Å². The summed E-state index contributed by atoms with van der Waals surface area (Å²) in [5.41, 5.74) is 2.42. The number of benzene rings is 1. The highest BCUT2D eigenvalue weighted by molar-refractivity contribution is 6.87. The Labute approximate surface area is 160 Å². The van der Waals surface area contributed by atoms with Gasteiger partial charge in [-0.25, -0.2) is 0 Å². The largest absolute Gasteiger partial charge is 0.474 e. The van der Waals surface area contributed by atoms with Gasteiger partial charge in [0.1, 0.15) is 8.07 Å². The third-order valence-electron chi connectivity index (χ3n) is 5.03. The van der Waals surface area contributed by atoms with Gasteiger partial charge in [0.05, 0.1) is 17.8 Å². The van der Waals surface area contributed by atoms with Gasteiger partial charge in [-0.2, -0.15) is 0 Å². The van der Waals surface area contributed by atoms with Crippen molar-refractivity contribution in [3.63, 3.8) is 0 Å². The summed E-state index contributed by atoms with van der Waals surface area (Å²) in [6.07, 6.45) is 12.3. The summed E-state index contributed by atoms with van der Waals surface area (Å²) < 4.78 is 5.67. The Kier molecular flexibility index (Phi) is 8.66. The Morgan fingerprint density at radius 2 is 1.50 bits per heavy atom. The molecule has 2 nitrogen and oxygen atoms in total. The average Bonchev–Trinajstić information content (AvgIpc) is 3.11. The second-order valence-corrected chi connectivity index (χ2v) is 13.5. The minimum Gasteiger partial charge on any atom is -0.474 e. The number of aliphatic hydroxyl groups is 1. The van der Waals surface area contributed by atoms with Crippen LogP contribution in [0.4, 0.5) is 0 Å².